The summed E-state index contributed by atoms with van der Waals surface area (Å²) in [4.78, 5) is 10.7. The van der Waals surface area contributed by atoms with Gasteiger partial charge in [0.05, 0.1) is 0 Å². The Hall–Kier alpha value is -0.530. The Morgan fingerprint density at radius 3 is 2.31 bits per heavy atom. The average Bonchev–Trinajstić information content (AvgIpc) is 2.51. The van der Waals surface area contributed by atoms with Crippen LogP contribution in [0.3, 0.4) is 0 Å². The second-order valence-electron chi connectivity index (χ2n) is 5.08. The summed E-state index contributed by atoms with van der Waals surface area (Å²) >= 11 is 0. The van der Waals surface area contributed by atoms with E-state index in [1.165, 1.54) is 25.7 Å². The highest BCUT2D eigenvalue weighted by Gasteiger charge is 2.59. The maximum atomic E-state index is 10.7. The second-order valence-corrected chi connectivity index (χ2v) is 5.08. The van der Waals surface area contributed by atoms with Crippen LogP contribution in [-0.2, 0) is 4.79 Å². The molecule has 3 rings (SSSR count). The summed E-state index contributed by atoms with van der Waals surface area (Å²) in [5.74, 6) is 3.50. The zero-order valence-corrected chi connectivity index (χ0v) is 7.78. The lowest BCUT2D eigenvalue weighted by Crippen LogP contribution is -2.43. The predicted molar refractivity (Wildman–Crippen MR) is 48.2 cm³/mol. The highest BCUT2D eigenvalue weighted by molar-refractivity contribution is 5.67. The third kappa shape index (κ3) is 0.918. The summed E-state index contributed by atoms with van der Waals surface area (Å²) in [5, 5.41) is 8.80. The maximum Gasteiger partial charge on any atom is 0.303 e. The minimum atomic E-state index is -0.584. The standard InChI is InChI=1S/C11H16O2/c12-10(13)5-9-7-3-1-6-2-4-8(9)11(6)7/h6-9,11H,1-5H2,(H,12,13)/t6-,7+,8-,9?,11?. The molecule has 0 aromatic heterocycles. The fourth-order valence-corrected chi connectivity index (χ4v) is 4.42. The van der Waals surface area contributed by atoms with Gasteiger partial charge >= 0.3 is 5.97 Å². The van der Waals surface area contributed by atoms with Gasteiger partial charge in [-0.25, -0.2) is 0 Å². The van der Waals surface area contributed by atoms with Crippen molar-refractivity contribution in [1.29, 1.82) is 0 Å². The number of rotatable bonds is 2. The first-order chi connectivity index (χ1) is 6.27. The second kappa shape index (κ2) is 2.49. The maximum absolute atomic E-state index is 10.7. The summed E-state index contributed by atoms with van der Waals surface area (Å²) in [6, 6.07) is 0. The van der Waals surface area contributed by atoms with E-state index in [4.69, 9.17) is 5.11 Å². The number of carboxylic acid groups (broad SMARTS) is 1. The van der Waals surface area contributed by atoms with Gasteiger partial charge in [0.15, 0.2) is 0 Å². The van der Waals surface area contributed by atoms with Gasteiger partial charge in [0.1, 0.15) is 0 Å². The van der Waals surface area contributed by atoms with Gasteiger partial charge in [0.25, 0.3) is 0 Å². The summed E-state index contributed by atoms with van der Waals surface area (Å²) in [5.41, 5.74) is 0. The van der Waals surface area contributed by atoms with Crippen molar-refractivity contribution in [1.82, 2.24) is 0 Å². The van der Waals surface area contributed by atoms with Gasteiger partial charge in [-0.15, -0.1) is 0 Å². The molecule has 0 radical (unpaired) electrons. The molecule has 3 saturated carbocycles. The van der Waals surface area contributed by atoms with Crippen molar-refractivity contribution in [2.45, 2.75) is 32.1 Å². The normalized spacial score (nSPS) is 51.5. The molecule has 3 fully saturated rings. The minimum absolute atomic E-state index is 0.443. The zero-order chi connectivity index (χ0) is 9.00. The monoisotopic (exact) mass is 180 g/mol. The molecule has 0 spiro atoms. The Kier molecular flexibility index (Phi) is 1.50. The Labute approximate surface area is 78.3 Å². The summed E-state index contributed by atoms with van der Waals surface area (Å²) in [6.45, 7) is 0. The summed E-state index contributed by atoms with van der Waals surface area (Å²) < 4.78 is 0. The molecule has 3 aliphatic carbocycles. The largest absolute Gasteiger partial charge is 0.481 e. The Bertz CT molecular complexity index is 232. The van der Waals surface area contributed by atoms with E-state index in [-0.39, 0.29) is 0 Å². The Morgan fingerprint density at radius 2 is 1.77 bits per heavy atom. The molecule has 2 nitrogen and oxygen atoms in total. The number of aliphatic carboxylic acids is 1. The quantitative estimate of drug-likeness (QED) is 0.707. The van der Waals surface area contributed by atoms with Gasteiger partial charge in [0, 0.05) is 6.42 Å². The van der Waals surface area contributed by atoms with Gasteiger partial charge in [-0.05, 0) is 55.3 Å². The van der Waals surface area contributed by atoms with Crippen molar-refractivity contribution < 1.29 is 9.90 Å². The van der Waals surface area contributed by atoms with Crippen LogP contribution in [0.4, 0.5) is 0 Å². The van der Waals surface area contributed by atoms with Crippen molar-refractivity contribution in [2.24, 2.45) is 29.6 Å². The van der Waals surface area contributed by atoms with Crippen molar-refractivity contribution in [3.8, 4) is 0 Å². The fourth-order valence-electron chi connectivity index (χ4n) is 4.42. The van der Waals surface area contributed by atoms with Crippen LogP contribution in [0.2, 0.25) is 0 Å². The molecule has 5 atom stereocenters. The molecule has 3 aliphatic rings. The molecule has 0 heterocycles. The average molecular weight is 180 g/mol. The van der Waals surface area contributed by atoms with E-state index in [0.29, 0.717) is 12.3 Å². The van der Waals surface area contributed by atoms with Crippen molar-refractivity contribution in [3.05, 3.63) is 0 Å². The number of carboxylic acids is 1. The van der Waals surface area contributed by atoms with Crippen LogP contribution in [-0.4, -0.2) is 11.1 Å². The summed E-state index contributed by atoms with van der Waals surface area (Å²) in [6.07, 6.45) is 5.87. The van der Waals surface area contributed by atoms with E-state index in [9.17, 15) is 4.79 Å². The van der Waals surface area contributed by atoms with Gasteiger partial charge in [0.2, 0.25) is 0 Å². The zero-order valence-electron chi connectivity index (χ0n) is 7.78. The molecular weight excluding hydrogens is 164 g/mol. The van der Waals surface area contributed by atoms with E-state index in [0.717, 1.165) is 23.7 Å². The van der Waals surface area contributed by atoms with Crippen molar-refractivity contribution >= 4 is 5.97 Å². The molecule has 13 heavy (non-hydrogen) atoms. The van der Waals surface area contributed by atoms with E-state index >= 15 is 0 Å². The van der Waals surface area contributed by atoms with Gasteiger partial charge in [-0.2, -0.15) is 0 Å². The number of hydrogen-bond donors (Lipinski definition) is 1. The topological polar surface area (TPSA) is 37.3 Å². The highest BCUT2D eigenvalue weighted by atomic mass is 16.4. The van der Waals surface area contributed by atoms with Crippen LogP contribution < -0.4 is 0 Å². The van der Waals surface area contributed by atoms with E-state index in [1.807, 2.05) is 0 Å². The highest BCUT2D eigenvalue weighted by Crippen LogP contribution is 2.65. The van der Waals surface area contributed by atoms with Crippen molar-refractivity contribution in [2.75, 3.05) is 0 Å². The van der Waals surface area contributed by atoms with Gasteiger partial charge in [-0.1, -0.05) is 0 Å². The van der Waals surface area contributed by atoms with E-state index in [2.05, 4.69) is 0 Å². The van der Waals surface area contributed by atoms with Crippen LogP contribution >= 0.6 is 0 Å². The molecule has 1 N–H and O–H groups in total. The van der Waals surface area contributed by atoms with E-state index in [1.54, 1.807) is 0 Å². The molecule has 72 valence electrons. The Morgan fingerprint density at radius 1 is 1.15 bits per heavy atom. The molecule has 2 heteroatoms. The SMILES string of the molecule is O=C(O)CC1[C@H]2CC[C@H]3CC[C@@H]1C32. The molecule has 0 aromatic carbocycles. The first-order valence-electron chi connectivity index (χ1n) is 5.49. The van der Waals surface area contributed by atoms with Crippen LogP contribution in [0.1, 0.15) is 32.1 Å². The smallest absolute Gasteiger partial charge is 0.303 e. The molecular formula is C11H16O2. The van der Waals surface area contributed by atoms with Crippen LogP contribution in [0, 0.1) is 29.6 Å². The first-order valence-corrected chi connectivity index (χ1v) is 5.49. The lowest BCUT2D eigenvalue weighted by Gasteiger charge is -2.46. The number of carbonyl (C=O) groups is 1. The third-order valence-corrected chi connectivity index (χ3v) is 4.78. The minimum Gasteiger partial charge on any atom is -0.481 e. The Balaban J connectivity index is 1.75. The lowest BCUT2D eigenvalue weighted by molar-refractivity contribution is -0.142. The van der Waals surface area contributed by atoms with E-state index < -0.39 is 5.97 Å². The van der Waals surface area contributed by atoms with Crippen LogP contribution in [0.15, 0.2) is 0 Å². The first kappa shape index (κ1) is 7.84. The number of hydrogen-bond acceptors (Lipinski definition) is 1. The van der Waals surface area contributed by atoms with Crippen molar-refractivity contribution in [3.63, 3.8) is 0 Å². The lowest BCUT2D eigenvalue weighted by atomic mass is 9.58. The summed E-state index contributed by atoms with van der Waals surface area (Å²) in [7, 11) is 0. The van der Waals surface area contributed by atoms with Crippen LogP contribution in [0.25, 0.3) is 0 Å². The molecule has 0 aliphatic heterocycles. The molecule has 0 aromatic rings. The third-order valence-electron chi connectivity index (χ3n) is 4.78. The van der Waals surface area contributed by atoms with Gasteiger partial charge in [-0.3, -0.25) is 4.79 Å². The van der Waals surface area contributed by atoms with Gasteiger partial charge < -0.3 is 5.11 Å². The predicted octanol–water partition coefficient (Wildman–Crippen LogP) is 2.14. The molecule has 0 bridgehead atoms. The molecule has 2 unspecified atom stereocenters. The van der Waals surface area contributed by atoms with Crippen LogP contribution in [0.5, 0.6) is 0 Å². The molecule has 0 saturated heterocycles. The fraction of sp³-hybridized carbons (Fsp3) is 0.909. The molecule has 0 amide bonds.